The Labute approximate surface area is 155 Å². The van der Waals surface area contributed by atoms with E-state index in [1.807, 2.05) is 0 Å². The molecule has 0 bridgehead atoms. The highest BCUT2D eigenvalue weighted by molar-refractivity contribution is 9.11. The lowest BCUT2D eigenvalue weighted by atomic mass is 9.45. The predicted octanol–water partition coefficient (Wildman–Crippen LogP) is 5.03. The summed E-state index contributed by atoms with van der Waals surface area (Å²) in [6, 6.07) is 0. The first kappa shape index (κ1) is 17.5. The predicted molar refractivity (Wildman–Crippen MR) is 101 cm³/mol. The lowest BCUT2D eigenvalue weighted by Gasteiger charge is -2.60. The summed E-state index contributed by atoms with van der Waals surface area (Å²) in [5.41, 5.74) is 2.28. The third kappa shape index (κ3) is 2.41. The maximum atomic E-state index is 10.1. The largest absolute Gasteiger partial charge is 0.393 e. The second-order valence-electron chi connectivity index (χ2n) is 9.62. The van der Waals surface area contributed by atoms with E-state index in [9.17, 15) is 10.2 Å². The highest BCUT2D eigenvalue weighted by Crippen LogP contribution is 2.67. The number of halogens is 1. The van der Waals surface area contributed by atoms with Gasteiger partial charge in [0.15, 0.2) is 0 Å². The van der Waals surface area contributed by atoms with Gasteiger partial charge in [-0.05, 0) is 92.3 Å². The standard InChI is InChI=1S/C21H33BrO2/c1-20-9-7-14(24)11-13(20)3-4-15-16-5-6-18(19(22)12-23)21(16,2)10-8-17(15)20/h13-17,23-24H,3-12H2,1-2H3/b19-18+/t13-,14+,15+,16+,17+,20-,21-/m0/s1. The third-order valence-electron chi connectivity index (χ3n) is 8.89. The fourth-order valence-electron chi connectivity index (χ4n) is 7.59. The Morgan fingerprint density at radius 3 is 2.62 bits per heavy atom. The third-order valence-corrected chi connectivity index (χ3v) is 9.62. The molecule has 0 aliphatic heterocycles. The van der Waals surface area contributed by atoms with Crippen LogP contribution in [0.1, 0.15) is 71.6 Å². The highest BCUT2D eigenvalue weighted by Gasteiger charge is 2.59. The SMILES string of the molecule is C[C@]12CC[C@@H](O)C[C@@H]1CC[C@H]1[C@H]2CC[C@]2(C)/C(=C(/Br)CO)CC[C@H]12. The minimum Gasteiger partial charge on any atom is -0.393 e. The summed E-state index contributed by atoms with van der Waals surface area (Å²) >= 11 is 3.66. The second kappa shape index (κ2) is 6.09. The zero-order valence-corrected chi connectivity index (χ0v) is 16.8. The maximum absolute atomic E-state index is 10.1. The van der Waals surface area contributed by atoms with Crippen LogP contribution in [-0.2, 0) is 0 Å². The average molecular weight is 397 g/mol. The minimum absolute atomic E-state index is 0.0463. The summed E-state index contributed by atoms with van der Waals surface area (Å²) in [6.45, 7) is 5.19. The maximum Gasteiger partial charge on any atom is 0.0746 e. The number of fused-ring (bicyclic) bond motifs is 5. The monoisotopic (exact) mass is 396 g/mol. The van der Waals surface area contributed by atoms with Gasteiger partial charge in [0.25, 0.3) is 0 Å². The zero-order chi connectivity index (χ0) is 17.1. The van der Waals surface area contributed by atoms with Crippen molar-refractivity contribution in [2.75, 3.05) is 6.61 Å². The molecule has 2 N–H and O–H groups in total. The van der Waals surface area contributed by atoms with Crippen LogP contribution in [0.2, 0.25) is 0 Å². The zero-order valence-electron chi connectivity index (χ0n) is 15.2. The van der Waals surface area contributed by atoms with Crippen LogP contribution in [0.5, 0.6) is 0 Å². The van der Waals surface area contributed by atoms with Gasteiger partial charge in [0.2, 0.25) is 0 Å². The molecule has 0 amide bonds. The molecule has 0 unspecified atom stereocenters. The number of hydrogen-bond donors (Lipinski definition) is 2. The molecule has 136 valence electrons. The van der Waals surface area contributed by atoms with Crippen molar-refractivity contribution in [2.45, 2.75) is 77.7 Å². The molecule has 0 spiro atoms. The van der Waals surface area contributed by atoms with E-state index in [-0.39, 0.29) is 12.7 Å². The van der Waals surface area contributed by atoms with Gasteiger partial charge in [0.05, 0.1) is 12.7 Å². The normalized spacial score (nSPS) is 53.1. The van der Waals surface area contributed by atoms with Gasteiger partial charge in [-0.3, -0.25) is 0 Å². The van der Waals surface area contributed by atoms with Gasteiger partial charge in [0.1, 0.15) is 0 Å². The van der Waals surface area contributed by atoms with Crippen LogP contribution in [-0.4, -0.2) is 22.9 Å². The van der Waals surface area contributed by atoms with Gasteiger partial charge in [-0.15, -0.1) is 0 Å². The van der Waals surface area contributed by atoms with Crippen LogP contribution in [0.25, 0.3) is 0 Å². The number of aliphatic hydroxyl groups is 2. The van der Waals surface area contributed by atoms with Crippen LogP contribution in [0, 0.1) is 34.5 Å². The molecule has 0 radical (unpaired) electrons. The van der Waals surface area contributed by atoms with Crippen molar-refractivity contribution in [2.24, 2.45) is 34.5 Å². The van der Waals surface area contributed by atoms with E-state index in [4.69, 9.17) is 0 Å². The Hall–Kier alpha value is 0.140. The lowest BCUT2D eigenvalue weighted by molar-refractivity contribution is -0.116. The van der Waals surface area contributed by atoms with Gasteiger partial charge < -0.3 is 10.2 Å². The van der Waals surface area contributed by atoms with Crippen molar-refractivity contribution in [1.29, 1.82) is 0 Å². The quantitative estimate of drug-likeness (QED) is 0.652. The van der Waals surface area contributed by atoms with Crippen LogP contribution in [0.15, 0.2) is 10.1 Å². The van der Waals surface area contributed by atoms with Gasteiger partial charge >= 0.3 is 0 Å². The van der Waals surface area contributed by atoms with Gasteiger partial charge in [-0.1, -0.05) is 35.4 Å². The molecule has 24 heavy (non-hydrogen) atoms. The van der Waals surface area contributed by atoms with Crippen molar-refractivity contribution in [3.63, 3.8) is 0 Å². The molecule has 3 heteroatoms. The van der Waals surface area contributed by atoms with Gasteiger partial charge in [-0.25, -0.2) is 0 Å². The molecule has 4 aliphatic rings. The Kier molecular flexibility index (Phi) is 4.46. The highest BCUT2D eigenvalue weighted by atomic mass is 79.9. The fourth-order valence-corrected chi connectivity index (χ4v) is 8.24. The Balaban J connectivity index is 1.63. The Morgan fingerprint density at radius 1 is 1.08 bits per heavy atom. The molecule has 0 saturated heterocycles. The molecular weight excluding hydrogens is 364 g/mol. The Bertz CT molecular complexity index is 544. The van der Waals surface area contributed by atoms with E-state index >= 15 is 0 Å². The topological polar surface area (TPSA) is 40.5 Å². The summed E-state index contributed by atoms with van der Waals surface area (Å²) in [5.74, 6) is 3.26. The molecule has 7 atom stereocenters. The number of allylic oxidation sites excluding steroid dienone is 1. The molecule has 2 nitrogen and oxygen atoms in total. The molecule has 4 aliphatic carbocycles. The van der Waals surface area contributed by atoms with Gasteiger partial charge in [0, 0.05) is 4.48 Å². The lowest BCUT2D eigenvalue weighted by Crippen LogP contribution is -2.53. The smallest absolute Gasteiger partial charge is 0.0746 e. The summed E-state index contributed by atoms with van der Waals surface area (Å²) in [6.07, 6.45) is 11.0. The summed E-state index contributed by atoms with van der Waals surface area (Å²) < 4.78 is 1.06. The van der Waals surface area contributed by atoms with Crippen LogP contribution < -0.4 is 0 Å². The van der Waals surface area contributed by atoms with E-state index in [1.54, 1.807) is 0 Å². The molecule has 4 rings (SSSR count). The molecular formula is C21H33BrO2. The summed E-state index contributed by atoms with van der Waals surface area (Å²) in [4.78, 5) is 0. The average Bonchev–Trinajstić information content (AvgIpc) is 2.92. The molecule has 0 heterocycles. The van der Waals surface area contributed by atoms with Gasteiger partial charge in [-0.2, -0.15) is 0 Å². The molecule has 0 aromatic carbocycles. The van der Waals surface area contributed by atoms with Crippen LogP contribution in [0.3, 0.4) is 0 Å². The summed E-state index contributed by atoms with van der Waals surface area (Å²) in [7, 11) is 0. The van der Waals surface area contributed by atoms with Crippen LogP contribution >= 0.6 is 15.9 Å². The van der Waals surface area contributed by atoms with E-state index in [0.29, 0.717) is 10.8 Å². The first-order valence-electron chi connectivity index (χ1n) is 10.1. The summed E-state index contributed by atoms with van der Waals surface area (Å²) in [5, 5.41) is 19.8. The first-order valence-corrected chi connectivity index (χ1v) is 10.9. The number of hydrogen-bond acceptors (Lipinski definition) is 2. The van der Waals surface area contributed by atoms with Crippen molar-refractivity contribution >= 4 is 15.9 Å². The fraction of sp³-hybridized carbons (Fsp3) is 0.905. The second-order valence-corrected chi connectivity index (χ2v) is 10.6. The van der Waals surface area contributed by atoms with Crippen molar-refractivity contribution in [3.8, 4) is 0 Å². The van der Waals surface area contributed by atoms with Crippen LogP contribution in [0.4, 0.5) is 0 Å². The first-order chi connectivity index (χ1) is 11.4. The minimum atomic E-state index is -0.0463. The number of rotatable bonds is 1. The Morgan fingerprint density at radius 2 is 1.88 bits per heavy atom. The van der Waals surface area contributed by atoms with E-state index in [2.05, 4.69) is 29.8 Å². The van der Waals surface area contributed by atoms with Crippen molar-refractivity contribution in [1.82, 2.24) is 0 Å². The van der Waals surface area contributed by atoms with E-state index in [0.717, 1.165) is 41.0 Å². The molecule has 4 fully saturated rings. The molecule has 0 aromatic heterocycles. The van der Waals surface area contributed by atoms with Crippen molar-refractivity contribution in [3.05, 3.63) is 10.1 Å². The van der Waals surface area contributed by atoms with E-state index in [1.165, 1.54) is 50.5 Å². The number of aliphatic hydroxyl groups excluding tert-OH is 2. The molecule has 4 saturated carbocycles. The molecule has 0 aromatic rings. The van der Waals surface area contributed by atoms with Crippen molar-refractivity contribution < 1.29 is 10.2 Å². The van der Waals surface area contributed by atoms with E-state index < -0.39 is 0 Å².